The van der Waals surface area contributed by atoms with Gasteiger partial charge in [-0.15, -0.1) is 0 Å². The second-order valence-corrected chi connectivity index (χ2v) is 4.97. The summed E-state index contributed by atoms with van der Waals surface area (Å²) in [5.74, 6) is -0.107. The molecule has 1 atom stereocenters. The molecule has 0 spiro atoms. The molecule has 0 saturated carbocycles. The van der Waals surface area contributed by atoms with Crippen molar-refractivity contribution in [2.24, 2.45) is 0 Å². The van der Waals surface area contributed by atoms with Gasteiger partial charge >= 0.3 is 0 Å². The molecule has 94 valence electrons. The number of pyridine rings is 1. The lowest BCUT2D eigenvalue weighted by atomic mass is 10.1. The largest absolute Gasteiger partial charge is 0.366 e. The SMILES string of the molecule is C[C@@H](NC(=O)COC(C)(C)C)c1ccncc1. The second kappa shape index (κ2) is 5.77. The van der Waals surface area contributed by atoms with E-state index in [2.05, 4.69) is 10.3 Å². The van der Waals surface area contributed by atoms with Gasteiger partial charge in [0.1, 0.15) is 6.61 Å². The summed E-state index contributed by atoms with van der Waals surface area (Å²) >= 11 is 0. The van der Waals surface area contributed by atoms with Gasteiger partial charge in [-0.05, 0) is 45.4 Å². The van der Waals surface area contributed by atoms with Crippen molar-refractivity contribution in [3.8, 4) is 0 Å². The smallest absolute Gasteiger partial charge is 0.246 e. The Bertz CT molecular complexity index is 357. The maximum absolute atomic E-state index is 11.6. The molecule has 1 rings (SSSR count). The molecule has 0 unspecified atom stereocenters. The number of hydrogen-bond donors (Lipinski definition) is 1. The van der Waals surface area contributed by atoms with E-state index >= 15 is 0 Å². The van der Waals surface area contributed by atoms with Crippen LogP contribution in [0.1, 0.15) is 39.3 Å². The number of nitrogens with one attached hydrogen (secondary N) is 1. The van der Waals surface area contributed by atoms with Crippen LogP contribution in [-0.4, -0.2) is 23.1 Å². The first-order valence-corrected chi connectivity index (χ1v) is 5.72. The first-order chi connectivity index (χ1) is 7.88. The third kappa shape index (κ3) is 5.45. The molecule has 1 aromatic heterocycles. The second-order valence-electron chi connectivity index (χ2n) is 4.97. The highest BCUT2D eigenvalue weighted by molar-refractivity contribution is 5.77. The predicted molar refractivity (Wildman–Crippen MR) is 66.5 cm³/mol. The third-order valence-electron chi connectivity index (χ3n) is 2.22. The quantitative estimate of drug-likeness (QED) is 0.870. The van der Waals surface area contributed by atoms with Gasteiger partial charge in [0.2, 0.25) is 5.91 Å². The summed E-state index contributed by atoms with van der Waals surface area (Å²) in [6.07, 6.45) is 3.42. The molecule has 1 aromatic rings. The summed E-state index contributed by atoms with van der Waals surface area (Å²) in [7, 11) is 0. The van der Waals surface area contributed by atoms with Gasteiger partial charge in [-0.1, -0.05) is 0 Å². The van der Waals surface area contributed by atoms with E-state index in [0.29, 0.717) is 0 Å². The normalized spacial score (nSPS) is 13.2. The predicted octanol–water partition coefficient (Wildman–Crippen LogP) is 2.07. The van der Waals surface area contributed by atoms with Crippen molar-refractivity contribution in [3.05, 3.63) is 30.1 Å². The van der Waals surface area contributed by atoms with Crippen molar-refractivity contribution < 1.29 is 9.53 Å². The third-order valence-corrected chi connectivity index (χ3v) is 2.22. The van der Waals surface area contributed by atoms with Gasteiger partial charge in [0, 0.05) is 12.4 Å². The highest BCUT2D eigenvalue weighted by Gasteiger charge is 2.14. The highest BCUT2D eigenvalue weighted by Crippen LogP contribution is 2.10. The fraction of sp³-hybridized carbons (Fsp3) is 0.538. The summed E-state index contributed by atoms with van der Waals surface area (Å²) in [6.45, 7) is 7.79. The fourth-order valence-corrected chi connectivity index (χ4v) is 1.30. The van der Waals surface area contributed by atoms with E-state index in [1.54, 1.807) is 12.4 Å². The van der Waals surface area contributed by atoms with E-state index in [-0.39, 0.29) is 24.2 Å². The number of nitrogens with zero attached hydrogens (tertiary/aromatic N) is 1. The molecule has 0 aliphatic heterocycles. The van der Waals surface area contributed by atoms with Crippen LogP contribution in [-0.2, 0) is 9.53 Å². The van der Waals surface area contributed by atoms with Crippen LogP contribution in [0.15, 0.2) is 24.5 Å². The minimum Gasteiger partial charge on any atom is -0.366 e. The molecule has 1 amide bonds. The lowest BCUT2D eigenvalue weighted by Gasteiger charge is -2.20. The minimum absolute atomic E-state index is 0.0333. The molecular weight excluding hydrogens is 216 g/mol. The van der Waals surface area contributed by atoms with Crippen LogP contribution in [0, 0.1) is 0 Å². The van der Waals surface area contributed by atoms with E-state index < -0.39 is 0 Å². The molecule has 1 N–H and O–H groups in total. The number of hydrogen-bond acceptors (Lipinski definition) is 3. The van der Waals surface area contributed by atoms with Crippen molar-refractivity contribution in [2.45, 2.75) is 39.3 Å². The van der Waals surface area contributed by atoms with E-state index in [0.717, 1.165) is 5.56 Å². The van der Waals surface area contributed by atoms with Crippen molar-refractivity contribution in [2.75, 3.05) is 6.61 Å². The average molecular weight is 236 g/mol. The van der Waals surface area contributed by atoms with Crippen LogP contribution in [0.25, 0.3) is 0 Å². The Labute approximate surface area is 102 Å². The van der Waals surface area contributed by atoms with Gasteiger partial charge in [0.05, 0.1) is 11.6 Å². The Kier molecular flexibility index (Phi) is 4.63. The van der Waals surface area contributed by atoms with Crippen LogP contribution >= 0.6 is 0 Å². The molecule has 0 aromatic carbocycles. The molecule has 0 radical (unpaired) electrons. The molecule has 0 bridgehead atoms. The molecule has 0 aliphatic rings. The van der Waals surface area contributed by atoms with E-state index in [4.69, 9.17) is 4.74 Å². The molecule has 0 aliphatic carbocycles. The first-order valence-electron chi connectivity index (χ1n) is 5.72. The van der Waals surface area contributed by atoms with Crippen LogP contribution in [0.4, 0.5) is 0 Å². The lowest BCUT2D eigenvalue weighted by molar-refractivity contribution is -0.131. The minimum atomic E-state index is -0.294. The number of ether oxygens (including phenoxy) is 1. The van der Waals surface area contributed by atoms with Gasteiger partial charge < -0.3 is 10.1 Å². The zero-order chi connectivity index (χ0) is 12.9. The molecule has 0 saturated heterocycles. The number of aromatic nitrogens is 1. The Balaban J connectivity index is 2.42. The number of rotatable bonds is 4. The Hall–Kier alpha value is -1.42. The fourth-order valence-electron chi connectivity index (χ4n) is 1.30. The van der Waals surface area contributed by atoms with E-state index in [1.165, 1.54) is 0 Å². The molecule has 4 heteroatoms. The Morgan fingerprint density at radius 1 is 1.41 bits per heavy atom. The molecule has 0 fully saturated rings. The topological polar surface area (TPSA) is 51.2 Å². The van der Waals surface area contributed by atoms with Crippen molar-refractivity contribution >= 4 is 5.91 Å². The molecular formula is C13H20N2O2. The zero-order valence-corrected chi connectivity index (χ0v) is 10.9. The van der Waals surface area contributed by atoms with Crippen molar-refractivity contribution in [3.63, 3.8) is 0 Å². The van der Waals surface area contributed by atoms with E-state index in [1.807, 2.05) is 39.8 Å². The highest BCUT2D eigenvalue weighted by atomic mass is 16.5. The molecule has 17 heavy (non-hydrogen) atoms. The van der Waals surface area contributed by atoms with Crippen molar-refractivity contribution in [1.29, 1.82) is 0 Å². The van der Waals surface area contributed by atoms with Crippen molar-refractivity contribution in [1.82, 2.24) is 10.3 Å². The number of carbonyl (C=O) groups is 1. The van der Waals surface area contributed by atoms with E-state index in [9.17, 15) is 4.79 Å². The lowest BCUT2D eigenvalue weighted by Crippen LogP contribution is -2.33. The van der Waals surface area contributed by atoms with Crippen LogP contribution in [0.2, 0.25) is 0 Å². The maximum atomic E-state index is 11.6. The summed E-state index contributed by atoms with van der Waals surface area (Å²) in [6, 6.07) is 3.74. The van der Waals surface area contributed by atoms with Gasteiger partial charge in [0.25, 0.3) is 0 Å². The monoisotopic (exact) mass is 236 g/mol. The van der Waals surface area contributed by atoms with Gasteiger partial charge in [0.15, 0.2) is 0 Å². The number of carbonyl (C=O) groups excluding carboxylic acids is 1. The van der Waals surface area contributed by atoms with Crippen LogP contribution in [0.3, 0.4) is 0 Å². The summed E-state index contributed by atoms with van der Waals surface area (Å²) in [5, 5.41) is 2.88. The van der Waals surface area contributed by atoms with Crippen LogP contribution in [0.5, 0.6) is 0 Å². The zero-order valence-electron chi connectivity index (χ0n) is 10.9. The van der Waals surface area contributed by atoms with Crippen LogP contribution < -0.4 is 5.32 Å². The van der Waals surface area contributed by atoms with Gasteiger partial charge in [-0.3, -0.25) is 9.78 Å². The Morgan fingerprint density at radius 3 is 2.53 bits per heavy atom. The standard InChI is InChI=1S/C13H20N2O2/c1-10(11-5-7-14-8-6-11)15-12(16)9-17-13(2,3)4/h5-8,10H,9H2,1-4H3,(H,15,16)/t10-/m1/s1. The summed E-state index contributed by atoms with van der Waals surface area (Å²) < 4.78 is 5.40. The summed E-state index contributed by atoms with van der Waals surface area (Å²) in [4.78, 5) is 15.6. The maximum Gasteiger partial charge on any atom is 0.246 e. The van der Waals surface area contributed by atoms with Gasteiger partial charge in [-0.2, -0.15) is 0 Å². The van der Waals surface area contributed by atoms with Gasteiger partial charge in [-0.25, -0.2) is 0 Å². The molecule has 1 heterocycles. The Morgan fingerprint density at radius 2 is 2.00 bits per heavy atom. The number of amides is 1. The summed E-state index contributed by atoms with van der Waals surface area (Å²) in [5.41, 5.74) is 0.737. The first kappa shape index (κ1) is 13.6. The average Bonchev–Trinajstić information content (AvgIpc) is 2.27. The molecule has 4 nitrogen and oxygen atoms in total.